The lowest BCUT2D eigenvalue weighted by Gasteiger charge is -2.19. The van der Waals surface area contributed by atoms with Crippen molar-refractivity contribution in [2.45, 2.75) is 32.1 Å². The lowest BCUT2D eigenvalue weighted by atomic mass is 9.87. The Kier molecular flexibility index (Phi) is 1.69. The summed E-state index contributed by atoms with van der Waals surface area (Å²) >= 11 is 0. The van der Waals surface area contributed by atoms with Gasteiger partial charge < -0.3 is 5.73 Å². The molecule has 1 heteroatoms. The van der Waals surface area contributed by atoms with Crippen LogP contribution in [0.3, 0.4) is 0 Å². The van der Waals surface area contributed by atoms with Crippen molar-refractivity contribution in [2.75, 3.05) is 6.54 Å². The highest BCUT2D eigenvalue weighted by Crippen LogP contribution is 2.45. The number of fused-ring (bicyclic) bond motifs is 2. The van der Waals surface area contributed by atoms with Gasteiger partial charge in [0.15, 0.2) is 0 Å². The molecule has 0 aromatic carbocycles. The van der Waals surface area contributed by atoms with Crippen LogP contribution < -0.4 is 5.73 Å². The number of rotatable bonds is 1. The average molecular weight is 139 g/mol. The van der Waals surface area contributed by atoms with Crippen molar-refractivity contribution in [3.8, 4) is 0 Å². The predicted octanol–water partition coefficient (Wildman–Crippen LogP) is 1.77. The van der Waals surface area contributed by atoms with Crippen LogP contribution in [0.1, 0.15) is 32.1 Å². The minimum absolute atomic E-state index is 0.896. The van der Waals surface area contributed by atoms with E-state index in [9.17, 15) is 0 Å². The summed E-state index contributed by atoms with van der Waals surface area (Å²) in [4.78, 5) is 0. The molecule has 0 amide bonds. The van der Waals surface area contributed by atoms with E-state index >= 15 is 0 Å². The summed E-state index contributed by atoms with van der Waals surface area (Å²) in [5, 5.41) is 0. The number of hydrogen-bond donors (Lipinski definition) is 1. The van der Waals surface area contributed by atoms with Crippen LogP contribution in [0.5, 0.6) is 0 Å². The topological polar surface area (TPSA) is 26.0 Å². The van der Waals surface area contributed by atoms with Crippen molar-refractivity contribution in [1.29, 1.82) is 0 Å². The van der Waals surface area contributed by atoms with Gasteiger partial charge in [-0.05, 0) is 37.1 Å². The molecule has 3 unspecified atom stereocenters. The van der Waals surface area contributed by atoms with Crippen LogP contribution in [0.15, 0.2) is 0 Å². The molecule has 0 heterocycles. The van der Waals surface area contributed by atoms with E-state index in [0.717, 1.165) is 24.3 Å². The van der Waals surface area contributed by atoms with Gasteiger partial charge in [0.2, 0.25) is 0 Å². The van der Waals surface area contributed by atoms with Crippen LogP contribution in [0.4, 0.5) is 0 Å². The smallest absolute Gasteiger partial charge is 0.00461 e. The molecule has 0 aliphatic heterocycles. The zero-order valence-electron chi connectivity index (χ0n) is 6.55. The molecule has 58 valence electrons. The maximum atomic E-state index is 5.69. The Labute approximate surface area is 63.0 Å². The van der Waals surface area contributed by atoms with Crippen molar-refractivity contribution < 1.29 is 0 Å². The average Bonchev–Trinajstić information content (AvgIpc) is 2.26. The molecule has 0 radical (unpaired) electrons. The first-order valence-corrected chi connectivity index (χ1v) is 4.60. The first-order chi connectivity index (χ1) is 4.90. The molecule has 2 bridgehead atoms. The van der Waals surface area contributed by atoms with Gasteiger partial charge in [-0.25, -0.2) is 0 Å². The summed E-state index contributed by atoms with van der Waals surface area (Å²) in [7, 11) is 0. The minimum Gasteiger partial charge on any atom is -0.330 e. The lowest BCUT2D eigenvalue weighted by Crippen LogP contribution is -2.18. The van der Waals surface area contributed by atoms with Crippen LogP contribution in [0.25, 0.3) is 0 Å². The van der Waals surface area contributed by atoms with Crippen LogP contribution in [-0.2, 0) is 0 Å². The molecule has 2 N–H and O–H groups in total. The molecule has 2 aliphatic carbocycles. The highest BCUT2D eigenvalue weighted by Gasteiger charge is 2.35. The summed E-state index contributed by atoms with van der Waals surface area (Å²) in [5.74, 6) is 2.98. The first kappa shape index (κ1) is 6.66. The highest BCUT2D eigenvalue weighted by molar-refractivity contribution is 4.87. The van der Waals surface area contributed by atoms with Crippen molar-refractivity contribution in [3.05, 3.63) is 0 Å². The molecular weight excluding hydrogens is 122 g/mol. The van der Waals surface area contributed by atoms with E-state index in [-0.39, 0.29) is 0 Å². The van der Waals surface area contributed by atoms with Crippen LogP contribution in [-0.4, -0.2) is 6.54 Å². The van der Waals surface area contributed by atoms with Gasteiger partial charge in [-0.2, -0.15) is 0 Å². The Morgan fingerprint density at radius 1 is 1.20 bits per heavy atom. The van der Waals surface area contributed by atoms with E-state index in [1.807, 2.05) is 0 Å². The van der Waals surface area contributed by atoms with E-state index < -0.39 is 0 Å². The SMILES string of the molecule is NCC1CC2CCCC1C2. The van der Waals surface area contributed by atoms with Crippen molar-refractivity contribution in [3.63, 3.8) is 0 Å². The monoisotopic (exact) mass is 139 g/mol. The van der Waals surface area contributed by atoms with Crippen LogP contribution in [0, 0.1) is 17.8 Å². The van der Waals surface area contributed by atoms with Crippen molar-refractivity contribution in [2.24, 2.45) is 23.5 Å². The molecule has 1 nitrogen and oxygen atoms in total. The van der Waals surface area contributed by atoms with Gasteiger partial charge in [0.25, 0.3) is 0 Å². The molecule has 2 aliphatic rings. The molecule has 10 heavy (non-hydrogen) atoms. The summed E-state index contributed by atoms with van der Waals surface area (Å²) in [6.45, 7) is 0.946. The van der Waals surface area contributed by atoms with E-state index in [2.05, 4.69) is 0 Å². The van der Waals surface area contributed by atoms with Crippen molar-refractivity contribution in [1.82, 2.24) is 0 Å². The third-order valence-corrected chi connectivity index (χ3v) is 3.43. The summed E-state index contributed by atoms with van der Waals surface area (Å²) in [6.07, 6.45) is 7.39. The molecular formula is C9H17N. The number of hydrogen-bond acceptors (Lipinski definition) is 1. The zero-order valence-corrected chi connectivity index (χ0v) is 6.55. The Morgan fingerprint density at radius 3 is 2.80 bits per heavy atom. The van der Waals surface area contributed by atoms with Gasteiger partial charge in [0, 0.05) is 0 Å². The van der Waals surface area contributed by atoms with E-state index in [4.69, 9.17) is 5.73 Å². The van der Waals surface area contributed by atoms with Crippen LogP contribution >= 0.6 is 0 Å². The maximum absolute atomic E-state index is 5.69. The Hall–Kier alpha value is -0.0400. The normalized spacial score (nSPS) is 45.9. The molecule has 0 aromatic rings. The third-order valence-electron chi connectivity index (χ3n) is 3.43. The standard InChI is InChI=1S/C9H17N/c10-6-9-5-7-2-1-3-8(9)4-7/h7-9H,1-6,10H2. The Balaban J connectivity index is 2.01. The van der Waals surface area contributed by atoms with Gasteiger partial charge in [0.05, 0.1) is 0 Å². The molecule has 3 atom stereocenters. The van der Waals surface area contributed by atoms with Gasteiger partial charge in [-0.1, -0.05) is 19.3 Å². The molecule has 0 saturated heterocycles. The fourth-order valence-corrected chi connectivity index (χ4v) is 2.88. The second kappa shape index (κ2) is 2.54. The maximum Gasteiger partial charge on any atom is -0.00461 e. The fraction of sp³-hybridized carbons (Fsp3) is 1.00. The molecule has 2 rings (SSSR count). The largest absolute Gasteiger partial charge is 0.330 e. The first-order valence-electron chi connectivity index (χ1n) is 4.60. The summed E-state index contributed by atoms with van der Waals surface area (Å²) in [5.41, 5.74) is 5.69. The van der Waals surface area contributed by atoms with E-state index in [0.29, 0.717) is 0 Å². The third kappa shape index (κ3) is 0.968. The second-order valence-corrected chi connectivity index (χ2v) is 4.02. The van der Waals surface area contributed by atoms with Gasteiger partial charge >= 0.3 is 0 Å². The molecule has 2 fully saturated rings. The minimum atomic E-state index is 0.896. The van der Waals surface area contributed by atoms with Crippen molar-refractivity contribution >= 4 is 0 Å². The van der Waals surface area contributed by atoms with Gasteiger partial charge in [-0.3, -0.25) is 0 Å². The summed E-state index contributed by atoms with van der Waals surface area (Å²) < 4.78 is 0. The Bertz CT molecular complexity index is 122. The van der Waals surface area contributed by atoms with Gasteiger partial charge in [-0.15, -0.1) is 0 Å². The highest BCUT2D eigenvalue weighted by atomic mass is 14.6. The quantitative estimate of drug-likeness (QED) is 0.588. The predicted molar refractivity (Wildman–Crippen MR) is 42.6 cm³/mol. The zero-order chi connectivity index (χ0) is 6.97. The second-order valence-electron chi connectivity index (χ2n) is 4.02. The van der Waals surface area contributed by atoms with E-state index in [1.54, 1.807) is 0 Å². The molecule has 0 aromatic heterocycles. The lowest BCUT2D eigenvalue weighted by molar-refractivity contribution is 0.328. The molecule has 0 spiro atoms. The number of nitrogens with two attached hydrogens (primary N) is 1. The van der Waals surface area contributed by atoms with Crippen LogP contribution in [0.2, 0.25) is 0 Å². The van der Waals surface area contributed by atoms with Gasteiger partial charge in [0.1, 0.15) is 0 Å². The Morgan fingerprint density at radius 2 is 2.10 bits per heavy atom. The van der Waals surface area contributed by atoms with E-state index in [1.165, 1.54) is 32.1 Å². The summed E-state index contributed by atoms with van der Waals surface area (Å²) in [6, 6.07) is 0. The molecule has 2 saturated carbocycles. The fourth-order valence-electron chi connectivity index (χ4n) is 2.88.